The Hall–Kier alpha value is -11.4. The zero-order valence-electron chi connectivity index (χ0n) is 50.9. The van der Waals surface area contributed by atoms with E-state index in [1.165, 1.54) is 110 Å². The summed E-state index contributed by atoms with van der Waals surface area (Å²) in [5.41, 5.74) is 29.5. The minimum absolute atomic E-state index is 0.124. The Bertz CT molecular complexity index is 5670. The van der Waals surface area contributed by atoms with Gasteiger partial charge in [-0.15, -0.1) is 0 Å². The summed E-state index contributed by atoms with van der Waals surface area (Å²) in [5, 5.41) is 8.36. The lowest BCUT2D eigenvalue weighted by molar-refractivity contribution is 0.660. The molecule has 0 aliphatic heterocycles. The Labute approximate surface area is 527 Å². The first-order chi connectivity index (χ1) is 44.6. The SMILES string of the molecule is CC1(C)c2ccccc2-c2ccc(-n3c4ccccc4c4ccc(-c5ccc6c(c5)c5cc(-c7ccc8c9ccccc9n(-c9ccc%10c(c9)C(C)(C)c9ccccc9-%10)c8c7)ccc5n6-c5ccc(-c6nc(-c7ccccc7)c7ccccc7n6)cc5)cc43)cc21. The third kappa shape index (κ3) is 7.52. The lowest BCUT2D eigenvalue weighted by atomic mass is 9.82. The van der Waals surface area contributed by atoms with Crippen molar-refractivity contribution in [2.24, 2.45) is 0 Å². The normalized spacial score (nSPS) is 13.7. The van der Waals surface area contributed by atoms with Gasteiger partial charge in [0.05, 0.1) is 44.3 Å². The molecule has 0 spiro atoms. The molecule has 0 atom stereocenters. The fourth-order valence-corrected chi connectivity index (χ4v) is 16.0. The lowest BCUT2D eigenvalue weighted by Crippen LogP contribution is -2.15. The van der Waals surface area contributed by atoms with Gasteiger partial charge in [-0.25, -0.2) is 9.97 Å². The molecule has 0 fully saturated rings. The van der Waals surface area contributed by atoms with Gasteiger partial charge in [0.15, 0.2) is 5.82 Å². The van der Waals surface area contributed by atoms with Crippen LogP contribution in [0.4, 0.5) is 0 Å². The molecule has 13 aromatic carbocycles. The number of fused-ring (bicyclic) bond motifs is 16. The second kappa shape index (κ2) is 19.1. The molecule has 4 aromatic heterocycles. The van der Waals surface area contributed by atoms with E-state index in [9.17, 15) is 0 Å². The van der Waals surface area contributed by atoms with Crippen molar-refractivity contribution >= 4 is 76.3 Å². The van der Waals surface area contributed by atoms with E-state index in [0.29, 0.717) is 5.82 Å². The summed E-state index contributed by atoms with van der Waals surface area (Å²) in [6, 6.07) is 106. The van der Waals surface area contributed by atoms with E-state index < -0.39 is 0 Å². The van der Waals surface area contributed by atoms with Crippen molar-refractivity contribution in [1.82, 2.24) is 23.7 Å². The molecule has 2 aliphatic carbocycles. The highest BCUT2D eigenvalue weighted by Gasteiger charge is 2.37. The van der Waals surface area contributed by atoms with Gasteiger partial charge < -0.3 is 13.7 Å². The van der Waals surface area contributed by atoms with E-state index in [0.717, 1.165) is 66.7 Å². The van der Waals surface area contributed by atoms with Gasteiger partial charge in [-0.1, -0.05) is 210 Å². The second-order valence-electron chi connectivity index (χ2n) is 26.1. The van der Waals surface area contributed by atoms with Gasteiger partial charge in [0.2, 0.25) is 0 Å². The number of aromatic nitrogens is 5. The number of nitrogens with zero attached hydrogens (tertiary/aromatic N) is 5. The van der Waals surface area contributed by atoms with E-state index in [1.54, 1.807) is 0 Å². The average molecular weight is 1160 g/mol. The van der Waals surface area contributed by atoms with Crippen LogP contribution in [0.1, 0.15) is 49.9 Å². The third-order valence-corrected chi connectivity index (χ3v) is 20.5. The van der Waals surface area contributed by atoms with Crippen LogP contribution in [0.3, 0.4) is 0 Å². The predicted molar refractivity (Wildman–Crippen MR) is 379 cm³/mol. The van der Waals surface area contributed by atoms with Crippen molar-refractivity contribution in [2.75, 3.05) is 0 Å². The van der Waals surface area contributed by atoms with Crippen molar-refractivity contribution in [2.45, 2.75) is 38.5 Å². The molecule has 4 heterocycles. The van der Waals surface area contributed by atoms with Crippen molar-refractivity contribution in [1.29, 1.82) is 0 Å². The monoisotopic (exact) mass is 1160 g/mol. The maximum atomic E-state index is 5.25. The molecule has 2 aliphatic rings. The maximum absolute atomic E-state index is 5.25. The molecule has 5 nitrogen and oxygen atoms in total. The van der Waals surface area contributed by atoms with Gasteiger partial charge in [0.25, 0.3) is 0 Å². The van der Waals surface area contributed by atoms with Gasteiger partial charge in [-0.3, -0.25) is 0 Å². The Morgan fingerprint density at radius 2 is 0.637 bits per heavy atom. The quantitative estimate of drug-likeness (QED) is 0.160. The van der Waals surface area contributed by atoms with Crippen LogP contribution < -0.4 is 0 Å². The smallest absolute Gasteiger partial charge is 0.160 e. The molecule has 0 unspecified atom stereocenters. The Kier molecular flexibility index (Phi) is 10.8. The summed E-state index contributed by atoms with van der Waals surface area (Å²) in [4.78, 5) is 10.4. The molecule has 0 amide bonds. The molecule has 0 N–H and O–H groups in total. The van der Waals surface area contributed by atoms with Crippen molar-refractivity contribution in [3.8, 4) is 84.2 Å². The highest BCUT2D eigenvalue weighted by molar-refractivity contribution is 6.15. The minimum Gasteiger partial charge on any atom is -0.309 e. The van der Waals surface area contributed by atoms with Crippen molar-refractivity contribution in [3.63, 3.8) is 0 Å². The molecule has 5 heteroatoms. The largest absolute Gasteiger partial charge is 0.309 e. The van der Waals surface area contributed by atoms with Gasteiger partial charge in [0, 0.05) is 76.7 Å². The van der Waals surface area contributed by atoms with Gasteiger partial charge >= 0.3 is 0 Å². The van der Waals surface area contributed by atoms with Crippen molar-refractivity contribution in [3.05, 3.63) is 307 Å². The second-order valence-corrected chi connectivity index (χ2v) is 26.1. The third-order valence-electron chi connectivity index (χ3n) is 20.5. The first kappa shape index (κ1) is 51.6. The average Bonchev–Trinajstić information content (AvgIpc) is 1.64. The van der Waals surface area contributed by atoms with Gasteiger partial charge in [-0.2, -0.15) is 0 Å². The summed E-state index contributed by atoms with van der Waals surface area (Å²) >= 11 is 0. The fraction of sp³-hybridized carbons (Fsp3) is 0.0698. The van der Waals surface area contributed by atoms with E-state index in [4.69, 9.17) is 9.97 Å². The molecular formula is C86H59N5. The summed E-state index contributed by atoms with van der Waals surface area (Å²) < 4.78 is 7.40. The Balaban J connectivity index is 0.780. The van der Waals surface area contributed by atoms with Crippen LogP contribution >= 0.6 is 0 Å². The number of para-hydroxylation sites is 3. The molecular weight excluding hydrogens is 1100 g/mol. The maximum Gasteiger partial charge on any atom is 0.160 e. The van der Waals surface area contributed by atoms with Crippen LogP contribution in [0, 0.1) is 0 Å². The van der Waals surface area contributed by atoms with Crippen molar-refractivity contribution < 1.29 is 0 Å². The molecule has 91 heavy (non-hydrogen) atoms. The van der Waals surface area contributed by atoms with Crippen LogP contribution in [-0.4, -0.2) is 23.7 Å². The molecule has 428 valence electrons. The van der Waals surface area contributed by atoms with Crippen LogP contribution in [0.15, 0.2) is 285 Å². The summed E-state index contributed by atoms with van der Waals surface area (Å²) in [5.74, 6) is 0.698. The minimum atomic E-state index is -0.124. The number of benzene rings is 13. The van der Waals surface area contributed by atoms with Crippen LogP contribution in [0.25, 0.3) is 161 Å². The molecule has 0 saturated heterocycles. The van der Waals surface area contributed by atoms with E-state index in [1.807, 2.05) is 6.07 Å². The van der Waals surface area contributed by atoms with Crippen LogP contribution in [0.5, 0.6) is 0 Å². The van der Waals surface area contributed by atoms with Crippen LogP contribution in [0.2, 0.25) is 0 Å². The highest BCUT2D eigenvalue weighted by Crippen LogP contribution is 2.52. The number of hydrogen-bond acceptors (Lipinski definition) is 2. The zero-order valence-corrected chi connectivity index (χ0v) is 50.9. The highest BCUT2D eigenvalue weighted by atomic mass is 15.0. The molecule has 17 aromatic rings. The summed E-state index contributed by atoms with van der Waals surface area (Å²) in [6.45, 7) is 9.47. The van der Waals surface area contributed by atoms with Crippen LogP contribution in [-0.2, 0) is 10.8 Å². The first-order valence-corrected chi connectivity index (χ1v) is 31.7. The van der Waals surface area contributed by atoms with Gasteiger partial charge in [-0.05, 0) is 170 Å². The first-order valence-electron chi connectivity index (χ1n) is 31.7. The Morgan fingerprint density at radius 1 is 0.242 bits per heavy atom. The van der Waals surface area contributed by atoms with E-state index >= 15 is 0 Å². The number of rotatable bonds is 7. The number of hydrogen-bond donors (Lipinski definition) is 0. The molecule has 0 radical (unpaired) electrons. The lowest BCUT2D eigenvalue weighted by Gasteiger charge is -2.22. The van der Waals surface area contributed by atoms with Gasteiger partial charge in [0.1, 0.15) is 0 Å². The van der Waals surface area contributed by atoms with E-state index in [-0.39, 0.29) is 10.8 Å². The Morgan fingerprint density at radius 3 is 1.19 bits per heavy atom. The molecule has 0 saturated carbocycles. The predicted octanol–water partition coefficient (Wildman–Crippen LogP) is 22.2. The fourth-order valence-electron chi connectivity index (χ4n) is 16.0. The molecule has 19 rings (SSSR count). The summed E-state index contributed by atoms with van der Waals surface area (Å²) in [7, 11) is 0. The summed E-state index contributed by atoms with van der Waals surface area (Å²) in [6.07, 6.45) is 0. The standard InChI is InChI=1S/C86H59N5/c1-85(2)72-25-13-8-20-61(72)63-42-38-59(50-74(63)85)90-77-28-16-11-22-65(77)67-40-32-56(48-81(67)90)54-34-44-79-70(46-54)71-47-55(35-45-80(71)89(79)58-36-30-53(31-37-58)84-87-76-27-15-10-24-69(76)83(88-84)52-18-6-5-7-19-52)57-33-41-68-66-23-12-17-29-78(66)91(82(68)49-57)60-39-43-64-62-21-9-14-26-73(62)86(3,4)75(64)51-60/h5-51H,1-4H3. The van der Waals surface area contributed by atoms with E-state index in [2.05, 4.69) is 320 Å². The topological polar surface area (TPSA) is 40.6 Å². The molecule has 0 bridgehead atoms. The zero-order chi connectivity index (χ0) is 60.4.